The molecule has 148 valence electrons. The molecule has 0 radical (unpaired) electrons. The molecule has 0 spiro atoms. The normalized spacial score (nSPS) is 17.7. The lowest BCUT2D eigenvalue weighted by Crippen LogP contribution is -2.58. The van der Waals surface area contributed by atoms with Gasteiger partial charge in [-0.3, -0.25) is 14.5 Å². The van der Waals surface area contributed by atoms with Crippen molar-refractivity contribution in [3.05, 3.63) is 24.2 Å². The van der Waals surface area contributed by atoms with Crippen molar-refractivity contribution in [2.45, 2.75) is 25.2 Å². The lowest BCUT2D eigenvalue weighted by molar-refractivity contribution is -0.184. The van der Waals surface area contributed by atoms with Gasteiger partial charge in [0.15, 0.2) is 5.76 Å². The smallest absolute Gasteiger partial charge is 0.405 e. The lowest BCUT2D eigenvalue weighted by atomic mass is 10.2. The third-order valence-electron chi connectivity index (χ3n) is 3.93. The van der Waals surface area contributed by atoms with E-state index in [1.807, 2.05) is 0 Å². The van der Waals surface area contributed by atoms with Crippen LogP contribution in [0.3, 0.4) is 0 Å². The summed E-state index contributed by atoms with van der Waals surface area (Å²) >= 11 is 0. The standard InChI is InChI=1S/C15H21F3N4O3.ClH/c1-10(21-14(24)11-3-2-8-25-11)13(23)20-9-12(15(16,17)18)22-6-4-19-5-7-22;/h2-3,8,10,12,19H,4-7,9H2,1H3,(H,20,23)(H,21,24);1H. The summed E-state index contributed by atoms with van der Waals surface area (Å²) in [5.41, 5.74) is 0. The van der Waals surface area contributed by atoms with Gasteiger partial charge in [0.2, 0.25) is 5.91 Å². The quantitative estimate of drug-likeness (QED) is 0.659. The van der Waals surface area contributed by atoms with Gasteiger partial charge in [0.05, 0.1) is 6.26 Å². The Bertz CT molecular complexity index is 577. The van der Waals surface area contributed by atoms with E-state index in [0.717, 1.165) is 0 Å². The van der Waals surface area contributed by atoms with Crippen molar-refractivity contribution in [2.24, 2.45) is 0 Å². The zero-order valence-electron chi connectivity index (χ0n) is 14.1. The topological polar surface area (TPSA) is 86.6 Å². The molecule has 2 heterocycles. The molecule has 1 aliphatic heterocycles. The van der Waals surface area contributed by atoms with Gasteiger partial charge in [0.1, 0.15) is 12.1 Å². The molecule has 0 bridgehead atoms. The van der Waals surface area contributed by atoms with Gasteiger partial charge in [-0.1, -0.05) is 0 Å². The molecular formula is C15H22ClF3N4O3. The molecule has 0 aliphatic carbocycles. The van der Waals surface area contributed by atoms with Crippen molar-refractivity contribution < 1.29 is 27.2 Å². The molecule has 2 unspecified atom stereocenters. The van der Waals surface area contributed by atoms with Crippen LogP contribution in [0.2, 0.25) is 0 Å². The Balaban J connectivity index is 0.00000338. The molecule has 1 aromatic rings. The predicted molar refractivity (Wildman–Crippen MR) is 90.2 cm³/mol. The van der Waals surface area contributed by atoms with E-state index in [0.29, 0.717) is 13.1 Å². The van der Waals surface area contributed by atoms with Gasteiger partial charge in [0.25, 0.3) is 5.91 Å². The van der Waals surface area contributed by atoms with Gasteiger partial charge in [-0.05, 0) is 19.1 Å². The summed E-state index contributed by atoms with van der Waals surface area (Å²) in [6, 6.07) is 0.187. The summed E-state index contributed by atoms with van der Waals surface area (Å²) in [4.78, 5) is 25.1. The van der Waals surface area contributed by atoms with Crippen LogP contribution in [0.15, 0.2) is 22.8 Å². The van der Waals surface area contributed by atoms with Crippen LogP contribution >= 0.6 is 12.4 Å². The minimum absolute atomic E-state index is 0. The number of alkyl halides is 3. The van der Waals surface area contributed by atoms with Crippen LogP contribution in [0, 0.1) is 0 Å². The summed E-state index contributed by atoms with van der Waals surface area (Å²) in [6.45, 7) is 2.27. The highest BCUT2D eigenvalue weighted by Crippen LogP contribution is 2.24. The largest absolute Gasteiger partial charge is 0.459 e. The monoisotopic (exact) mass is 398 g/mol. The minimum atomic E-state index is -4.45. The van der Waals surface area contributed by atoms with Crippen molar-refractivity contribution in [1.82, 2.24) is 20.9 Å². The highest BCUT2D eigenvalue weighted by Gasteiger charge is 2.44. The van der Waals surface area contributed by atoms with E-state index in [2.05, 4.69) is 16.0 Å². The number of rotatable bonds is 6. The number of halogens is 4. The Labute approximate surface area is 155 Å². The molecule has 1 saturated heterocycles. The number of furan rings is 1. The second-order valence-corrected chi connectivity index (χ2v) is 5.76. The SMILES string of the molecule is CC(NC(=O)c1ccco1)C(=O)NCC(N1CCNCC1)C(F)(F)F.Cl. The number of carbonyl (C=O) groups is 2. The third kappa shape index (κ3) is 6.19. The van der Waals surface area contributed by atoms with Crippen LogP contribution in [0.25, 0.3) is 0 Å². The fourth-order valence-electron chi connectivity index (χ4n) is 2.54. The molecule has 1 aromatic heterocycles. The average Bonchev–Trinajstić information content (AvgIpc) is 3.09. The first kappa shape index (κ1) is 22.3. The van der Waals surface area contributed by atoms with Crippen molar-refractivity contribution in [3.63, 3.8) is 0 Å². The van der Waals surface area contributed by atoms with Gasteiger partial charge in [-0.25, -0.2) is 0 Å². The summed E-state index contributed by atoms with van der Waals surface area (Å²) in [5, 5.41) is 7.63. The Morgan fingerprint density at radius 1 is 1.35 bits per heavy atom. The maximum absolute atomic E-state index is 13.3. The molecule has 2 rings (SSSR count). The van der Waals surface area contributed by atoms with E-state index in [1.54, 1.807) is 0 Å². The van der Waals surface area contributed by atoms with Crippen LogP contribution < -0.4 is 16.0 Å². The van der Waals surface area contributed by atoms with Crippen molar-refractivity contribution >= 4 is 24.2 Å². The molecule has 2 atom stereocenters. The molecule has 1 aliphatic rings. The number of hydrogen-bond donors (Lipinski definition) is 3. The number of nitrogens with one attached hydrogen (secondary N) is 3. The fourth-order valence-corrected chi connectivity index (χ4v) is 2.54. The highest BCUT2D eigenvalue weighted by molar-refractivity contribution is 5.95. The van der Waals surface area contributed by atoms with Crippen molar-refractivity contribution in [2.75, 3.05) is 32.7 Å². The Morgan fingerprint density at radius 3 is 2.54 bits per heavy atom. The molecule has 2 amide bonds. The van der Waals surface area contributed by atoms with Crippen LogP contribution in [0.4, 0.5) is 13.2 Å². The molecule has 3 N–H and O–H groups in total. The Kier molecular flexibility index (Phi) is 8.38. The summed E-state index contributed by atoms with van der Waals surface area (Å²) < 4.78 is 44.7. The van der Waals surface area contributed by atoms with E-state index < -0.39 is 36.6 Å². The fraction of sp³-hybridized carbons (Fsp3) is 0.600. The maximum atomic E-state index is 13.3. The molecule has 26 heavy (non-hydrogen) atoms. The average molecular weight is 399 g/mol. The van der Waals surface area contributed by atoms with Crippen LogP contribution in [-0.2, 0) is 4.79 Å². The van der Waals surface area contributed by atoms with E-state index in [4.69, 9.17) is 4.42 Å². The molecule has 0 saturated carbocycles. The molecule has 0 aromatic carbocycles. The second-order valence-electron chi connectivity index (χ2n) is 5.76. The highest BCUT2D eigenvalue weighted by atomic mass is 35.5. The minimum Gasteiger partial charge on any atom is -0.459 e. The van der Waals surface area contributed by atoms with E-state index >= 15 is 0 Å². The third-order valence-corrected chi connectivity index (χ3v) is 3.93. The van der Waals surface area contributed by atoms with Crippen molar-refractivity contribution in [3.8, 4) is 0 Å². The predicted octanol–water partition coefficient (Wildman–Crippen LogP) is 0.772. The van der Waals surface area contributed by atoms with Crippen molar-refractivity contribution in [1.29, 1.82) is 0 Å². The summed E-state index contributed by atoms with van der Waals surface area (Å²) in [7, 11) is 0. The summed E-state index contributed by atoms with van der Waals surface area (Å²) in [5.74, 6) is -1.28. The number of amides is 2. The summed E-state index contributed by atoms with van der Waals surface area (Å²) in [6.07, 6.45) is -3.15. The first-order valence-corrected chi connectivity index (χ1v) is 7.92. The Morgan fingerprint density at radius 2 is 2.00 bits per heavy atom. The number of carbonyl (C=O) groups excluding carboxylic acids is 2. The zero-order valence-corrected chi connectivity index (χ0v) is 15.0. The van der Waals surface area contributed by atoms with Crippen LogP contribution in [-0.4, -0.2) is 67.7 Å². The van der Waals surface area contributed by atoms with E-state index in [-0.39, 0.29) is 31.3 Å². The molecular weight excluding hydrogens is 377 g/mol. The molecule has 1 fully saturated rings. The van der Waals surface area contributed by atoms with Gasteiger partial charge in [0, 0.05) is 32.7 Å². The lowest BCUT2D eigenvalue weighted by Gasteiger charge is -2.36. The number of nitrogens with zero attached hydrogens (tertiary/aromatic N) is 1. The van der Waals surface area contributed by atoms with E-state index in [9.17, 15) is 22.8 Å². The maximum Gasteiger partial charge on any atom is 0.405 e. The zero-order chi connectivity index (χ0) is 18.4. The van der Waals surface area contributed by atoms with Crippen LogP contribution in [0.1, 0.15) is 17.5 Å². The first-order chi connectivity index (χ1) is 11.8. The molecule has 11 heteroatoms. The number of hydrogen-bond acceptors (Lipinski definition) is 5. The number of piperazine rings is 1. The van der Waals surface area contributed by atoms with Crippen LogP contribution in [0.5, 0.6) is 0 Å². The van der Waals surface area contributed by atoms with Gasteiger partial charge in [-0.15, -0.1) is 12.4 Å². The van der Waals surface area contributed by atoms with Gasteiger partial charge >= 0.3 is 6.18 Å². The second kappa shape index (κ2) is 9.79. The Hall–Kier alpha value is -1.78. The van der Waals surface area contributed by atoms with Gasteiger partial charge < -0.3 is 20.4 Å². The first-order valence-electron chi connectivity index (χ1n) is 7.92. The van der Waals surface area contributed by atoms with Gasteiger partial charge in [-0.2, -0.15) is 13.2 Å². The van der Waals surface area contributed by atoms with E-state index in [1.165, 1.54) is 30.2 Å². The molecule has 7 nitrogen and oxygen atoms in total.